The number of hydrogen-bond acceptors (Lipinski definition) is 5. The van der Waals surface area contributed by atoms with Gasteiger partial charge in [-0.3, -0.25) is 4.90 Å². The molecule has 0 saturated carbocycles. The van der Waals surface area contributed by atoms with E-state index in [9.17, 15) is 0 Å². The zero-order chi connectivity index (χ0) is 11.7. The molecule has 4 nitrogen and oxygen atoms in total. The summed E-state index contributed by atoms with van der Waals surface area (Å²) in [5.74, 6) is 0. The number of fused-ring (bicyclic) bond motifs is 1. The monoisotopic (exact) mass is 253 g/mol. The van der Waals surface area contributed by atoms with Crippen LogP contribution in [0.25, 0.3) is 0 Å². The Hall–Kier alpha value is -0.650. The van der Waals surface area contributed by atoms with Crippen molar-refractivity contribution in [1.29, 1.82) is 0 Å². The number of aryl methyl sites for hydroxylation is 1. The maximum Gasteiger partial charge on any atom is 0.182 e. The summed E-state index contributed by atoms with van der Waals surface area (Å²) in [5, 5.41) is 6.45. The standard InChI is InChI=1S/C12H19N3OS/c1-9-8-17-12(14-9)13-5-11-6-15-4-2-3-10(15)7-16-11/h8,10-11H,2-7H2,1H3,(H,13,14). The molecule has 0 radical (unpaired) electrons. The highest BCUT2D eigenvalue weighted by molar-refractivity contribution is 7.13. The van der Waals surface area contributed by atoms with Crippen molar-refractivity contribution >= 4 is 16.5 Å². The maximum atomic E-state index is 5.89. The van der Waals surface area contributed by atoms with Crippen LogP contribution in [-0.4, -0.2) is 48.3 Å². The first kappa shape index (κ1) is 11.4. The average Bonchev–Trinajstić information content (AvgIpc) is 2.94. The topological polar surface area (TPSA) is 37.4 Å². The second kappa shape index (κ2) is 4.92. The van der Waals surface area contributed by atoms with Crippen LogP contribution in [0.3, 0.4) is 0 Å². The fourth-order valence-electron chi connectivity index (χ4n) is 2.65. The maximum absolute atomic E-state index is 5.89. The van der Waals surface area contributed by atoms with Crippen molar-refractivity contribution in [3.05, 3.63) is 11.1 Å². The largest absolute Gasteiger partial charge is 0.373 e. The van der Waals surface area contributed by atoms with Gasteiger partial charge in [0.1, 0.15) is 0 Å². The van der Waals surface area contributed by atoms with E-state index < -0.39 is 0 Å². The Morgan fingerprint density at radius 1 is 1.65 bits per heavy atom. The molecule has 94 valence electrons. The first-order valence-electron chi connectivity index (χ1n) is 6.33. The lowest BCUT2D eigenvalue weighted by molar-refractivity contribution is -0.0415. The number of nitrogens with one attached hydrogen (secondary N) is 1. The molecule has 0 amide bonds. The number of aromatic nitrogens is 1. The molecule has 5 heteroatoms. The summed E-state index contributed by atoms with van der Waals surface area (Å²) in [4.78, 5) is 6.97. The molecule has 0 aromatic carbocycles. The second-order valence-corrected chi connectivity index (χ2v) is 5.78. The van der Waals surface area contributed by atoms with Crippen LogP contribution in [0.1, 0.15) is 18.5 Å². The molecule has 1 aromatic rings. The van der Waals surface area contributed by atoms with Gasteiger partial charge in [-0.1, -0.05) is 0 Å². The number of hydrogen-bond donors (Lipinski definition) is 1. The summed E-state index contributed by atoms with van der Waals surface area (Å²) >= 11 is 1.67. The minimum atomic E-state index is 0.313. The van der Waals surface area contributed by atoms with Crippen LogP contribution < -0.4 is 5.32 Å². The van der Waals surface area contributed by atoms with Gasteiger partial charge in [-0.2, -0.15) is 0 Å². The quantitative estimate of drug-likeness (QED) is 0.890. The summed E-state index contributed by atoms with van der Waals surface area (Å²) < 4.78 is 5.89. The molecule has 2 fully saturated rings. The van der Waals surface area contributed by atoms with E-state index in [0.29, 0.717) is 12.1 Å². The van der Waals surface area contributed by atoms with Crippen LogP contribution in [0.15, 0.2) is 5.38 Å². The van der Waals surface area contributed by atoms with E-state index in [0.717, 1.165) is 30.5 Å². The van der Waals surface area contributed by atoms with Crippen LogP contribution in [0, 0.1) is 6.92 Å². The van der Waals surface area contributed by atoms with Crippen molar-refractivity contribution in [2.24, 2.45) is 0 Å². The lowest BCUT2D eigenvalue weighted by Gasteiger charge is -2.35. The number of rotatable bonds is 3. The summed E-state index contributed by atoms with van der Waals surface area (Å²) in [5.41, 5.74) is 1.08. The van der Waals surface area contributed by atoms with E-state index in [-0.39, 0.29) is 0 Å². The molecule has 2 atom stereocenters. The van der Waals surface area contributed by atoms with Crippen molar-refractivity contribution in [2.75, 3.05) is 31.6 Å². The molecule has 3 rings (SSSR count). The van der Waals surface area contributed by atoms with Crippen LogP contribution in [-0.2, 0) is 4.74 Å². The fraction of sp³-hybridized carbons (Fsp3) is 0.750. The van der Waals surface area contributed by atoms with Crippen molar-refractivity contribution in [3.8, 4) is 0 Å². The van der Waals surface area contributed by atoms with Crippen molar-refractivity contribution < 1.29 is 4.74 Å². The SMILES string of the molecule is Cc1csc(NCC2CN3CCCC3CO2)n1. The van der Waals surface area contributed by atoms with E-state index in [1.54, 1.807) is 11.3 Å². The smallest absolute Gasteiger partial charge is 0.182 e. The summed E-state index contributed by atoms with van der Waals surface area (Å²) in [7, 11) is 0. The van der Waals surface area contributed by atoms with E-state index in [1.165, 1.54) is 19.4 Å². The molecule has 0 aliphatic carbocycles. The highest BCUT2D eigenvalue weighted by Gasteiger charge is 2.31. The molecule has 17 heavy (non-hydrogen) atoms. The third-order valence-corrected chi connectivity index (χ3v) is 4.48. The van der Waals surface area contributed by atoms with Gasteiger partial charge in [-0.25, -0.2) is 4.98 Å². The van der Waals surface area contributed by atoms with Crippen LogP contribution in [0.2, 0.25) is 0 Å². The molecule has 2 unspecified atom stereocenters. The molecule has 1 N–H and O–H groups in total. The van der Waals surface area contributed by atoms with E-state index >= 15 is 0 Å². The second-order valence-electron chi connectivity index (χ2n) is 4.92. The number of thiazole rings is 1. The van der Waals surface area contributed by atoms with E-state index in [2.05, 4.69) is 20.6 Å². The molecule has 3 heterocycles. The van der Waals surface area contributed by atoms with Gasteiger partial charge in [-0.05, 0) is 26.3 Å². The minimum absolute atomic E-state index is 0.313. The Morgan fingerprint density at radius 3 is 3.41 bits per heavy atom. The molecule has 0 spiro atoms. The van der Waals surface area contributed by atoms with Gasteiger partial charge in [0.2, 0.25) is 0 Å². The number of morpholine rings is 1. The highest BCUT2D eigenvalue weighted by Crippen LogP contribution is 2.23. The molecule has 2 aliphatic heterocycles. The summed E-state index contributed by atoms with van der Waals surface area (Å²) in [6, 6.07) is 0.688. The first-order chi connectivity index (χ1) is 8.31. The normalized spacial score (nSPS) is 29.2. The summed E-state index contributed by atoms with van der Waals surface area (Å²) in [6.45, 7) is 6.12. The molecule has 0 bridgehead atoms. The molecular formula is C12H19N3OS. The molecule has 1 aromatic heterocycles. The van der Waals surface area contributed by atoms with Crippen LogP contribution in [0.4, 0.5) is 5.13 Å². The Labute approximate surface area is 106 Å². The van der Waals surface area contributed by atoms with Gasteiger partial charge in [0.05, 0.1) is 18.4 Å². The highest BCUT2D eigenvalue weighted by atomic mass is 32.1. The van der Waals surface area contributed by atoms with Gasteiger partial charge in [-0.15, -0.1) is 11.3 Å². The Balaban J connectivity index is 1.49. The molecule has 2 aliphatic rings. The third kappa shape index (κ3) is 2.61. The van der Waals surface area contributed by atoms with Crippen LogP contribution >= 0.6 is 11.3 Å². The van der Waals surface area contributed by atoms with Crippen molar-refractivity contribution in [2.45, 2.75) is 31.9 Å². The zero-order valence-corrected chi connectivity index (χ0v) is 11.0. The van der Waals surface area contributed by atoms with Crippen molar-refractivity contribution in [1.82, 2.24) is 9.88 Å². The predicted molar refractivity (Wildman–Crippen MR) is 69.7 cm³/mol. The Bertz CT molecular complexity index is 382. The van der Waals surface area contributed by atoms with Gasteiger partial charge in [0.15, 0.2) is 5.13 Å². The van der Waals surface area contributed by atoms with Gasteiger partial charge in [0.25, 0.3) is 0 Å². The molecule has 2 saturated heterocycles. The average molecular weight is 253 g/mol. The van der Waals surface area contributed by atoms with E-state index in [1.807, 2.05) is 6.92 Å². The summed E-state index contributed by atoms with van der Waals surface area (Å²) in [6.07, 6.45) is 2.96. The number of nitrogens with zero attached hydrogens (tertiary/aromatic N) is 2. The minimum Gasteiger partial charge on any atom is -0.373 e. The number of anilines is 1. The zero-order valence-electron chi connectivity index (χ0n) is 10.2. The van der Waals surface area contributed by atoms with Crippen LogP contribution in [0.5, 0.6) is 0 Å². The number of ether oxygens (including phenoxy) is 1. The Kier molecular flexibility index (Phi) is 3.31. The lowest BCUT2D eigenvalue weighted by Crippen LogP contribution is -2.48. The van der Waals surface area contributed by atoms with Gasteiger partial charge in [0, 0.05) is 24.5 Å². The van der Waals surface area contributed by atoms with Crippen molar-refractivity contribution in [3.63, 3.8) is 0 Å². The fourth-order valence-corrected chi connectivity index (χ4v) is 3.34. The van der Waals surface area contributed by atoms with E-state index in [4.69, 9.17) is 4.74 Å². The lowest BCUT2D eigenvalue weighted by atomic mass is 10.2. The molecular weight excluding hydrogens is 234 g/mol. The predicted octanol–water partition coefficient (Wildman–Crippen LogP) is 1.73. The van der Waals surface area contributed by atoms with Gasteiger partial charge < -0.3 is 10.1 Å². The Morgan fingerprint density at radius 2 is 2.59 bits per heavy atom. The third-order valence-electron chi connectivity index (χ3n) is 3.56. The first-order valence-corrected chi connectivity index (χ1v) is 7.21. The van der Waals surface area contributed by atoms with Gasteiger partial charge >= 0.3 is 0 Å².